The van der Waals surface area contributed by atoms with Crippen LogP contribution in [0, 0.1) is 12.8 Å². The maximum absolute atomic E-state index is 13.3. The maximum Gasteiger partial charge on any atom is 0.256 e. The van der Waals surface area contributed by atoms with Gasteiger partial charge in [-0.3, -0.25) is 4.79 Å². The van der Waals surface area contributed by atoms with E-state index in [0.29, 0.717) is 24.4 Å². The molecule has 2 heterocycles. The number of benzene rings is 2. The van der Waals surface area contributed by atoms with Gasteiger partial charge in [0.1, 0.15) is 11.5 Å². The Bertz CT molecular complexity index is 970. The van der Waals surface area contributed by atoms with Gasteiger partial charge in [-0.25, -0.2) is 0 Å². The minimum atomic E-state index is -0.00432. The summed E-state index contributed by atoms with van der Waals surface area (Å²) in [4.78, 5) is 16.7. The van der Waals surface area contributed by atoms with Crippen molar-refractivity contribution in [1.82, 2.24) is 19.9 Å². The van der Waals surface area contributed by atoms with Gasteiger partial charge in [0, 0.05) is 19.0 Å². The number of ether oxygens (including phenoxy) is 1. The third-order valence-electron chi connectivity index (χ3n) is 5.15. The SMILES string of the molecule is Cc1ccc(-n2nccn2)c(C(=O)N2CCCC(COc3ccc(O)cc3)C2)c1. The van der Waals surface area contributed by atoms with Crippen molar-refractivity contribution in [2.75, 3.05) is 19.7 Å². The molecule has 0 radical (unpaired) electrons. The van der Waals surface area contributed by atoms with E-state index < -0.39 is 0 Å². The van der Waals surface area contributed by atoms with Crippen LogP contribution < -0.4 is 4.74 Å². The predicted molar refractivity (Wildman–Crippen MR) is 108 cm³/mol. The summed E-state index contributed by atoms with van der Waals surface area (Å²) in [5.41, 5.74) is 2.32. The number of aryl methyl sites for hydroxylation is 1. The second-order valence-corrected chi connectivity index (χ2v) is 7.40. The van der Waals surface area contributed by atoms with E-state index in [1.807, 2.05) is 30.0 Å². The monoisotopic (exact) mass is 392 g/mol. The Morgan fingerprint density at radius 1 is 1.17 bits per heavy atom. The first-order valence-corrected chi connectivity index (χ1v) is 9.78. The molecule has 0 aliphatic carbocycles. The number of phenolic OH excluding ortho intramolecular Hbond substituents is 1. The summed E-state index contributed by atoms with van der Waals surface area (Å²) in [5.74, 6) is 1.19. The number of phenols is 1. The summed E-state index contributed by atoms with van der Waals surface area (Å²) >= 11 is 0. The lowest BCUT2D eigenvalue weighted by molar-refractivity contribution is 0.0633. The van der Waals surface area contributed by atoms with Gasteiger partial charge in [-0.1, -0.05) is 11.6 Å². The van der Waals surface area contributed by atoms with Crippen LogP contribution in [0.1, 0.15) is 28.8 Å². The Hall–Kier alpha value is -3.35. The van der Waals surface area contributed by atoms with Gasteiger partial charge in [-0.15, -0.1) is 0 Å². The molecule has 0 spiro atoms. The zero-order valence-electron chi connectivity index (χ0n) is 16.4. The first-order valence-electron chi connectivity index (χ1n) is 9.78. The molecule has 29 heavy (non-hydrogen) atoms. The molecule has 150 valence electrons. The third kappa shape index (κ3) is 4.39. The molecule has 2 aromatic carbocycles. The number of aromatic hydroxyl groups is 1. The maximum atomic E-state index is 13.3. The van der Waals surface area contributed by atoms with Crippen molar-refractivity contribution in [3.05, 3.63) is 66.0 Å². The number of carbonyl (C=O) groups excluding carboxylic acids is 1. The summed E-state index contributed by atoms with van der Waals surface area (Å²) in [5, 5.41) is 17.7. The van der Waals surface area contributed by atoms with Gasteiger partial charge in [0.2, 0.25) is 0 Å². The largest absolute Gasteiger partial charge is 0.508 e. The zero-order valence-corrected chi connectivity index (χ0v) is 16.4. The summed E-state index contributed by atoms with van der Waals surface area (Å²) in [6.07, 6.45) is 5.16. The summed E-state index contributed by atoms with van der Waals surface area (Å²) < 4.78 is 5.86. The van der Waals surface area contributed by atoms with Crippen molar-refractivity contribution >= 4 is 5.91 Å². The number of carbonyl (C=O) groups is 1. The van der Waals surface area contributed by atoms with Gasteiger partial charge < -0.3 is 14.7 Å². The third-order valence-corrected chi connectivity index (χ3v) is 5.15. The van der Waals surface area contributed by atoms with E-state index in [1.54, 1.807) is 36.7 Å². The van der Waals surface area contributed by atoms with E-state index in [-0.39, 0.29) is 17.6 Å². The lowest BCUT2D eigenvalue weighted by atomic mass is 9.97. The predicted octanol–water partition coefficient (Wildman–Crippen LogP) is 3.21. The van der Waals surface area contributed by atoms with Crippen LogP contribution in [0.15, 0.2) is 54.9 Å². The van der Waals surface area contributed by atoms with E-state index in [0.717, 1.165) is 30.7 Å². The minimum absolute atomic E-state index is 0.00432. The van der Waals surface area contributed by atoms with Crippen molar-refractivity contribution in [2.45, 2.75) is 19.8 Å². The Morgan fingerprint density at radius 3 is 2.69 bits per heavy atom. The second-order valence-electron chi connectivity index (χ2n) is 7.40. The molecular formula is C22H24N4O3. The molecule has 3 aromatic rings. The lowest BCUT2D eigenvalue weighted by Gasteiger charge is -2.33. The molecule has 7 heteroatoms. The Morgan fingerprint density at radius 2 is 1.93 bits per heavy atom. The normalized spacial score (nSPS) is 16.6. The molecule has 1 amide bonds. The van der Waals surface area contributed by atoms with Crippen molar-refractivity contribution in [3.8, 4) is 17.2 Å². The molecule has 1 atom stereocenters. The van der Waals surface area contributed by atoms with Gasteiger partial charge >= 0.3 is 0 Å². The summed E-state index contributed by atoms with van der Waals surface area (Å²) in [7, 11) is 0. The fourth-order valence-electron chi connectivity index (χ4n) is 3.65. The molecule has 0 bridgehead atoms. The molecule has 1 fully saturated rings. The van der Waals surface area contributed by atoms with Crippen LogP contribution in [0.2, 0.25) is 0 Å². The Balaban J connectivity index is 1.46. The number of hydrogen-bond acceptors (Lipinski definition) is 5. The highest BCUT2D eigenvalue weighted by Crippen LogP contribution is 2.24. The molecule has 0 saturated carbocycles. The Labute approximate surface area is 169 Å². The van der Waals surface area contributed by atoms with E-state index in [9.17, 15) is 9.90 Å². The van der Waals surface area contributed by atoms with Crippen molar-refractivity contribution in [1.29, 1.82) is 0 Å². The summed E-state index contributed by atoms with van der Waals surface area (Å²) in [6, 6.07) is 12.5. The second kappa shape index (κ2) is 8.34. The summed E-state index contributed by atoms with van der Waals surface area (Å²) in [6.45, 7) is 3.89. The zero-order chi connectivity index (χ0) is 20.2. The fourth-order valence-corrected chi connectivity index (χ4v) is 3.65. The molecule has 1 aromatic heterocycles. The van der Waals surface area contributed by atoms with Gasteiger partial charge in [0.25, 0.3) is 5.91 Å². The number of rotatable bonds is 5. The molecule has 1 unspecified atom stereocenters. The minimum Gasteiger partial charge on any atom is -0.508 e. The van der Waals surface area contributed by atoms with Gasteiger partial charge in [0.05, 0.1) is 30.3 Å². The standard InChI is InChI=1S/C22H24N4O3/c1-16-4-9-21(26-23-10-11-24-26)20(13-16)22(28)25-12-2-3-17(14-25)15-29-19-7-5-18(27)6-8-19/h4-11,13,17,27H,2-3,12,14-15H2,1H3. The first-order chi connectivity index (χ1) is 14.1. The molecule has 7 nitrogen and oxygen atoms in total. The Kier molecular flexibility index (Phi) is 5.46. The molecule has 1 aliphatic heterocycles. The average molecular weight is 392 g/mol. The highest BCUT2D eigenvalue weighted by atomic mass is 16.5. The number of amides is 1. The van der Waals surface area contributed by atoms with Crippen LogP contribution in [0.4, 0.5) is 0 Å². The van der Waals surface area contributed by atoms with E-state index in [4.69, 9.17) is 4.74 Å². The van der Waals surface area contributed by atoms with Crippen LogP contribution in [-0.4, -0.2) is 50.6 Å². The molecule has 1 saturated heterocycles. The molecule has 1 N–H and O–H groups in total. The quantitative estimate of drug-likeness (QED) is 0.721. The van der Waals surface area contributed by atoms with Crippen molar-refractivity contribution in [3.63, 3.8) is 0 Å². The van der Waals surface area contributed by atoms with E-state index in [1.165, 1.54) is 4.80 Å². The van der Waals surface area contributed by atoms with Crippen molar-refractivity contribution in [2.24, 2.45) is 5.92 Å². The first kappa shape index (κ1) is 19.0. The number of nitrogens with zero attached hydrogens (tertiary/aromatic N) is 4. The van der Waals surface area contributed by atoms with Crippen LogP contribution in [0.3, 0.4) is 0 Å². The highest BCUT2D eigenvalue weighted by Gasteiger charge is 2.27. The topological polar surface area (TPSA) is 80.5 Å². The molecule has 1 aliphatic rings. The fraction of sp³-hybridized carbons (Fsp3) is 0.318. The van der Waals surface area contributed by atoms with Crippen LogP contribution in [0.5, 0.6) is 11.5 Å². The number of likely N-dealkylation sites (tertiary alicyclic amines) is 1. The number of aromatic nitrogens is 3. The van der Waals surface area contributed by atoms with E-state index >= 15 is 0 Å². The highest BCUT2D eigenvalue weighted by molar-refractivity contribution is 5.98. The molecule has 4 rings (SSSR count). The van der Waals surface area contributed by atoms with Gasteiger partial charge in [-0.05, 0) is 56.2 Å². The number of hydrogen-bond donors (Lipinski definition) is 1. The van der Waals surface area contributed by atoms with Crippen LogP contribution in [-0.2, 0) is 0 Å². The van der Waals surface area contributed by atoms with E-state index in [2.05, 4.69) is 10.2 Å². The molecular weight excluding hydrogens is 368 g/mol. The smallest absolute Gasteiger partial charge is 0.256 e. The van der Waals surface area contributed by atoms with Gasteiger partial charge in [0.15, 0.2) is 0 Å². The average Bonchev–Trinajstić information content (AvgIpc) is 3.28. The van der Waals surface area contributed by atoms with Crippen LogP contribution in [0.25, 0.3) is 5.69 Å². The van der Waals surface area contributed by atoms with Gasteiger partial charge in [-0.2, -0.15) is 15.0 Å². The van der Waals surface area contributed by atoms with Crippen molar-refractivity contribution < 1.29 is 14.6 Å². The number of piperidine rings is 1. The lowest BCUT2D eigenvalue weighted by Crippen LogP contribution is -2.42. The van der Waals surface area contributed by atoms with Crippen LogP contribution >= 0.6 is 0 Å².